The van der Waals surface area contributed by atoms with Crippen molar-refractivity contribution in [2.24, 2.45) is 0 Å². The van der Waals surface area contributed by atoms with Crippen molar-refractivity contribution in [3.05, 3.63) is 34.9 Å². The van der Waals surface area contributed by atoms with E-state index in [9.17, 15) is 5.11 Å². The summed E-state index contributed by atoms with van der Waals surface area (Å²) < 4.78 is 0. The molecular formula is C15H22ClNO. The van der Waals surface area contributed by atoms with Gasteiger partial charge in [0.25, 0.3) is 0 Å². The number of aliphatic hydroxyl groups is 1. The molecule has 18 heavy (non-hydrogen) atoms. The van der Waals surface area contributed by atoms with E-state index < -0.39 is 5.60 Å². The van der Waals surface area contributed by atoms with Crippen molar-refractivity contribution >= 4 is 11.6 Å². The molecule has 0 radical (unpaired) electrons. The van der Waals surface area contributed by atoms with E-state index in [1.54, 1.807) is 0 Å². The first kappa shape index (κ1) is 13.9. The second-order valence-corrected chi connectivity index (χ2v) is 5.61. The third-order valence-corrected chi connectivity index (χ3v) is 4.15. The summed E-state index contributed by atoms with van der Waals surface area (Å²) >= 11 is 6.22. The maximum absolute atomic E-state index is 10.9. The molecule has 0 spiro atoms. The van der Waals surface area contributed by atoms with Gasteiger partial charge in [-0.25, -0.2) is 0 Å². The van der Waals surface area contributed by atoms with Crippen LogP contribution < -0.4 is 0 Å². The van der Waals surface area contributed by atoms with E-state index in [4.69, 9.17) is 11.6 Å². The lowest BCUT2D eigenvalue weighted by molar-refractivity contribution is 0.0213. The van der Waals surface area contributed by atoms with Crippen molar-refractivity contribution in [3.8, 4) is 0 Å². The Morgan fingerprint density at radius 1 is 1.28 bits per heavy atom. The average molecular weight is 268 g/mol. The molecule has 100 valence electrons. The maximum atomic E-state index is 10.9. The molecule has 1 atom stereocenters. The topological polar surface area (TPSA) is 23.5 Å². The van der Waals surface area contributed by atoms with Gasteiger partial charge in [0, 0.05) is 17.1 Å². The van der Waals surface area contributed by atoms with Gasteiger partial charge in [0.2, 0.25) is 0 Å². The van der Waals surface area contributed by atoms with Gasteiger partial charge in [0.05, 0.1) is 5.60 Å². The molecule has 1 aromatic carbocycles. The third-order valence-electron chi connectivity index (χ3n) is 3.82. The van der Waals surface area contributed by atoms with Crippen LogP contribution in [-0.4, -0.2) is 29.6 Å². The molecule has 0 aromatic heterocycles. The van der Waals surface area contributed by atoms with E-state index >= 15 is 0 Å². The van der Waals surface area contributed by atoms with Crippen LogP contribution in [0.3, 0.4) is 0 Å². The van der Waals surface area contributed by atoms with Crippen molar-refractivity contribution in [1.82, 2.24) is 4.90 Å². The first-order chi connectivity index (χ1) is 8.65. The van der Waals surface area contributed by atoms with Crippen LogP contribution in [0.1, 0.15) is 38.2 Å². The van der Waals surface area contributed by atoms with Gasteiger partial charge in [-0.15, -0.1) is 0 Å². The van der Waals surface area contributed by atoms with Gasteiger partial charge in [-0.2, -0.15) is 0 Å². The number of hydrogen-bond acceptors (Lipinski definition) is 2. The predicted molar refractivity (Wildman–Crippen MR) is 75.9 cm³/mol. The van der Waals surface area contributed by atoms with Gasteiger partial charge in [0.1, 0.15) is 0 Å². The van der Waals surface area contributed by atoms with Crippen LogP contribution in [0.4, 0.5) is 0 Å². The molecule has 0 aliphatic carbocycles. The molecule has 0 amide bonds. The zero-order chi connectivity index (χ0) is 13.0. The van der Waals surface area contributed by atoms with E-state index in [0.29, 0.717) is 5.02 Å². The third kappa shape index (κ3) is 3.05. The van der Waals surface area contributed by atoms with Crippen molar-refractivity contribution in [2.75, 3.05) is 19.6 Å². The molecule has 1 heterocycles. The lowest BCUT2D eigenvalue weighted by Crippen LogP contribution is -2.29. The highest BCUT2D eigenvalue weighted by molar-refractivity contribution is 6.31. The molecule has 1 fully saturated rings. The number of halogens is 1. The van der Waals surface area contributed by atoms with Gasteiger partial charge in [-0.3, -0.25) is 0 Å². The Balaban J connectivity index is 2.14. The van der Waals surface area contributed by atoms with Crippen molar-refractivity contribution in [3.63, 3.8) is 0 Å². The molecule has 2 nitrogen and oxygen atoms in total. The first-order valence-electron chi connectivity index (χ1n) is 6.85. The Kier molecular flexibility index (Phi) is 4.66. The van der Waals surface area contributed by atoms with Gasteiger partial charge < -0.3 is 10.0 Å². The fourth-order valence-electron chi connectivity index (χ4n) is 2.82. The zero-order valence-corrected chi connectivity index (χ0v) is 11.8. The van der Waals surface area contributed by atoms with E-state index in [-0.39, 0.29) is 0 Å². The number of hydrogen-bond donors (Lipinski definition) is 1. The smallest absolute Gasteiger partial charge is 0.0923 e. The highest BCUT2D eigenvalue weighted by Gasteiger charge is 2.33. The minimum atomic E-state index is -0.749. The quantitative estimate of drug-likeness (QED) is 0.907. The Labute approximate surface area is 115 Å². The minimum Gasteiger partial charge on any atom is -0.385 e. The summed E-state index contributed by atoms with van der Waals surface area (Å²) in [6.07, 6.45) is 3.78. The molecule has 1 aliphatic rings. The summed E-state index contributed by atoms with van der Waals surface area (Å²) in [5.74, 6) is 0. The Morgan fingerprint density at radius 2 is 2.06 bits per heavy atom. The molecule has 1 N–H and O–H groups in total. The standard InChI is InChI=1S/C15H22ClNO/c1-2-10-17-11-5-8-15(18,9-12-17)13-6-3-4-7-14(13)16/h3-4,6-7,18H,2,5,8-12H2,1H3. The summed E-state index contributed by atoms with van der Waals surface area (Å²) in [7, 11) is 0. The number of rotatable bonds is 3. The predicted octanol–water partition coefficient (Wildman–Crippen LogP) is 3.42. The van der Waals surface area contributed by atoms with Crippen LogP contribution in [0.15, 0.2) is 24.3 Å². The van der Waals surface area contributed by atoms with Crippen LogP contribution in [0.5, 0.6) is 0 Å². The van der Waals surface area contributed by atoms with E-state index in [2.05, 4.69) is 11.8 Å². The van der Waals surface area contributed by atoms with Crippen LogP contribution >= 0.6 is 11.6 Å². The summed E-state index contributed by atoms with van der Waals surface area (Å²) in [6.45, 7) is 5.36. The SMILES string of the molecule is CCCN1CCCC(O)(c2ccccc2Cl)CC1. The van der Waals surface area contributed by atoms with Gasteiger partial charge in [-0.1, -0.05) is 36.7 Å². The van der Waals surface area contributed by atoms with Crippen LogP contribution in [0.25, 0.3) is 0 Å². The summed E-state index contributed by atoms with van der Waals surface area (Å²) in [6, 6.07) is 7.69. The second-order valence-electron chi connectivity index (χ2n) is 5.21. The monoisotopic (exact) mass is 267 g/mol. The van der Waals surface area contributed by atoms with Gasteiger partial charge in [-0.05, 0) is 44.8 Å². The Hall–Kier alpha value is -0.570. The van der Waals surface area contributed by atoms with Gasteiger partial charge in [0.15, 0.2) is 0 Å². The molecule has 1 aliphatic heterocycles. The highest BCUT2D eigenvalue weighted by Crippen LogP contribution is 2.36. The van der Waals surface area contributed by atoms with Crippen LogP contribution in [-0.2, 0) is 5.60 Å². The van der Waals surface area contributed by atoms with E-state index in [1.807, 2.05) is 24.3 Å². The van der Waals surface area contributed by atoms with Crippen molar-refractivity contribution < 1.29 is 5.11 Å². The molecule has 2 rings (SSSR count). The number of nitrogens with zero attached hydrogens (tertiary/aromatic N) is 1. The fourth-order valence-corrected chi connectivity index (χ4v) is 3.13. The molecular weight excluding hydrogens is 246 g/mol. The average Bonchev–Trinajstić information content (AvgIpc) is 2.54. The first-order valence-corrected chi connectivity index (χ1v) is 7.23. The Bertz CT molecular complexity index is 396. The molecule has 0 bridgehead atoms. The minimum absolute atomic E-state index is 0.684. The molecule has 3 heteroatoms. The van der Waals surface area contributed by atoms with E-state index in [0.717, 1.165) is 44.5 Å². The molecule has 1 saturated heterocycles. The maximum Gasteiger partial charge on any atom is 0.0923 e. The zero-order valence-electron chi connectivity index (χ0n) is 11.0. The normalized spacial score (nSPS) is 25.9. The van der Waals surface area contributed by atoms with Crippen molar-refractivity contribution in [1.29, 1.82) is 0 Å². The lowest BCUT2D eigenvalue weighted by Gasteiger charge is -2.28. The fraction of sp³-hybridized carbons (Fsp3) is 0.600. The van der Waals surface area contributed by atoms with Crippen molar-refractivity contribution in [2.45, 2.75) is 38.2 Å². The molecule has 0 saturated carbocycles. The largest absolute Gasteiger partial charge is 0.385 e. The van der Waals surface area contributed by atoms with Crippen LogP contribution in [0, 0.1) is 0 Å². The lowest BCUT2D eigenvalue weighted by atomic mass is 9.87. The summed E-state index contributed by atoms with van der Waals surface area (Å²) in [5.41, 5.74) is 0.144. The summed E-state index contributed by atoms with van der Waals surface area (Å²) in [5, 5.41) is 11.6. The molecule has 1 aromatic rings. The van der Waals surface area contributed by atoms with E-state index in [1.165, 1.54) is 6.42 Å². The second kappa shape index (κ2) is 6.05. The molecule has 1 unspecified atom stereocenters. The van der Waals surface area contributed by atoms with Crippen LogP contribution in [0.2, 0.25) is 5.02 Å². The summed E-state index contributed by atoms with van der Waals surface area (Å²) in [4.78, 5) is 2.44. The van der Waals surface area contributed by atoms with Gasteiger partial charge >= 0.3 is 0 Å². The number of benzene rings is 1. The number of likely N-dealkylation sites (tertiary alicyclic amines) is 1. The highest BCUT2D eigenvalue weighted by atomic mass is 35.5. The Morgan fingerprint density at radius 3 is 2.78 bits per heavy atom.